The summed E-state index contributed by atoms with van der Waals surface area (Å²) in [4.78, 5) is 27.5. The van der Waals surface area contributed by atoms with Crippen LogP contribution in [-0.2, 0) is 16.1 Å². The lowest BCUT2D eigenvalue weighted by atomic mass is 9.97. The largest absolute Gasteiger partial charge is 0.445 e. The van der Waals surface area contributed by atoms with Crippen molar-refractivity contribution >= 4 is 12.0 Å². The van der Waals surface area contributed by atoms with Gasteiger partial charge in [0.1, 0.15) is 6.61 Å². The SMILES string of the molecule is C[C@H](N)C(=O)N(C)C[C@@H]1CCCN(C(=O)OCc2ccccc2)C1. The first kappa shape index (κ1) is 18.3. The maximum absolute atomic E-state index is 12.2. The second kappa shape index (κ2) is 8.68. The Labute approximate surface area is 143 Å². The number of likely N-dealkylation sites (N-methyl/N-ethyl adjacent to an activating group) is 1. The number of amides is 2. The number of nitrogens with zero attached hydrogens (tertiary/aromatic N) is 2. The predicted octanol–water partition coefficient (Wildman–Crippen LogP) is 1.84. The highest BCUT2D eigenvalue weighted by Gasteiger charge is 2.27. The standard InChI is InChI=1S/C18H27N3O3/c1-14(19)17(22)20(2)11-16-9-6-10-21(12-16)18(23)24-13-15-7-4-3-5-8-15/h3-5,7-8,14,16H,6,9-13,19H2,1-2H3/t14-,16-/m0/s1. The lowest BCUT2D eigenvalue weighted by molar-refractivity contribution is -0.131. The molecular weight excluding hydrogens is 306 g/mol. The van der Waals surface area contributed by atoms with E-state index in [1.54, 1.807) is 23.8 Å². The summed E-state index contributed by atoms with van der Waals surface area (Å²) in [5.41, 5.74) is 6.61. The van der Waals surface area contributed by atoms with Crippen LogP contribution in [0.5, 0.6) is 0 Å². The monoisotopic (exact) mass is 333 g/mol. The number of likely N-dealkylation sites (tertiary alicyclic amines) is 1. The summed E-state index contributed by atoms with van der Waals surface area (Å²) in [6.07, 6.45) is 1.63. The van der Waals surface area contributed by atoms with E-state index in [1.165, 1.54) is 0 Å². The molecule has 0 aromatic heterocycles. The fraction of sp³-hybridized carbons (Fsp3) is 0.556. The highest BCUT2D eigenvalue weighted by atomic mass is 16.6. The second-order valence-electron chi connectivity index (χ2n) is 6.50. The molecule has 0 unspecified atom stereocenters. The average Bonchev–Trinajstić information content (AvgIpc) is 2.60. The molecule has 0 saturated carbocycles. The van der Waals surface area contributed by atoms with Gasteiger partial charge >= 0.3 is 6.09 Å². The minimum Gasteiger partial charge on any atom is -0.445 e. The van der Waals surface area contributed by atoms with Crippen LogP contribution in [0.15, 0.2) is 30.3 Å². The molecule has 1 aromatic rings. The smallest absolute Gasteiger partial charge is 0.410 e. The Balaban J connectivity index is 1.81. The van der Waals surface area contributed by atoms with Gasteiger partial charge in [-0.2, -0.15) is 0 Å². The summed E-state index contributed by atoms with van der Waals surface area (Å²) >= 11 is 0. The summed E-state index contributed by atoms with van der Waals surface area (Å²) in [5.74, 6) is 0.189. The van der Waals surface area contributed by atoms with Gasteiger partial charge in [-0.1, -0.05) is 30.3 Å². The molecule has 1 saturated heterocycles. The van der Waals surface area contributed by atoms with Crippen LogP contribution in [-0.4, -0.2) is 54.5 Å². The Bertz CT molecular complexity index is 548. The number of rotatable bonds is 5. The Morgan fingerprint density at radius 1 is 1.38 bits per heavy atom. The molecule has 2 N–H and O–H groups in total. The number of hydrogen-bond acceptors (Lipinski definition) is 4. The van der Waals surface area contributed by atoms with E-state index in [-0.39, 0.29) is 24.5 Å². The minimum absolute atomic E-state index is 0.0706. The Hall–Kier alpha value is -2.08. The number of benzene rings is 1. The summed E-state index contributed by atoms with van der Waals surface area (Å²) in [5, 5.41) is 0. The first-order chi connectivity index (χ1) is 11.5. The third kappa shape index (κ3) is 5.23. The Morgan fingerprint density at radius 3 is 2.75 bits per heavy atom. The van der Waals surface area contributed by atoms with Crippen molar-refractivity contribution in [1.82, 2.24) is 9.80 Å². The zero-order valence-electron chi connectivity index (χ0n) is 14.5. The molecule has 1 aliphatic rings. The lowest BCUT2D eigenvalue weighted by Crippen LogP contribution is -2.46. The molecule has 2 atom stereocenters. The summed E-state index contributed by atoms with van der Waals surface area (Å²) in [6, 6.07) is 9.14. The van der Waals surface area contributed by atoms with E-state index in [1.807, 2.05) is 30.3 Å². The molecule has 0 bridgehead atoms. The summed E-state index contributed by atoms with van der Waals surface area (Å²) < 4.78 is 5.39. The van der Waals surface area contributed by atoms with Crippen molar-refractivity contribution in [3.8, 4) is 0 Å². The van der Waals surface area contributed by atoms with Crippen LogP contribution in [0.1, 0.15) is 25.3 Å². The van der Waals surface area contributed by atoms with Gasteiger partial charge in [0, 0.05) is 26.7 Å². The quantitative estimate of drug-likeness (QED) is 0.892. The number of hydrogen-bond donors (Lipinski definition) is 1. The number of nitrogens with two attached hydrogens (primary N) is 1. The van der Waals surface area contributed by atoms with E-state index in [4.69, 9.17) is 10.5 Å². The Kier molecular flexibility index (Phi) is 6.61. The molecule has 6 heteroatoms. The fourth-order valence-corrected chi connectivity index (χ4v) is 3.02. The molecule has 1 aliphatic heterocycles. The van der Waals surface area contributed by atoms with Crippen LogP contribution in [0.4, 0.5) is 4.79 Å². The normalized spacial score (nSPS) is 18.8. The van der Waals surface area contributed by atoms with Gasteiger partial charge < -0.3 is 20.3 Å². The van der Waals surface area contributed by atoms with Gasteiger partial charge in [0.2, 0.25) is 5.91 Å². The number of carbonyl (C=O) groups excluding carboxylic acids is 2. The first-order valence-electron chi connectivity index (χ1n) is 8.43. The van der Waals surface area contributed by atoms with Crippen molar-refractivity contribution in [2.75, 3.05) is 26.7 Å². The van der Waals surface area contributed by atoms with Crippen LogP contribution in [0.2, 0.25) is 0 Å². The maximum Gasteiger partial charge on any atom is 0.410 e. The molecule has 1 heterocycles. The van der Waals surface area contributed by atoms with Gasteiger partial charge in [-0.25, -0.2) is 4.79 Å². The van der Waals surface area contributed by atoms with E-state index in [2.05, 4.69) is 0 Å². The third-order valence-electron chi connectivity index (χ3n) is 4.28. The van der Waals surface area contributed by atoms with E-state index in [0.717, 1.165) is 18.4 Å². The molecule has 1 fully saturated rings. The second-order valence-corrected chi connectivity index (χ2v) is 6.50. The summed E-state index contributed by atoms with van der Waals surface area (Å²) in [7, 11) is 1.76. The molecule has 0 spiro atoms. The van der Waals surface area contributed by atoms with Crippen molar-refractivity contribution in [2.24, 2.45) is 11.7 Å². The van der Waals surface area contributed by atoms with Crippen LogP contribution in [0, 0.1) is 5.92 Å². The van der Waals surface area contributed by atoms with Crippen LogP contribution < -0.4 is 5.73 Å². The van der Waals surface area contributed by atoms with Gasteiger partial charge in [-0.3, -0.25) is 4.79 Å². The van der Waals surface area contributed by atoms with Gasteiger partial charge in [-0.05, 0) is 31.2 Å². The van der Waals surface area contributed by atoms with E-state index in [0.29, 0.717) is 19.6 Å². The Morgan fingerprint density at radius 2 is 2.08 bits per heavy atom. The van der Waals surface area contributed by atoms with Crippen molar-refractivity contribution in [1.29, 1.82) is 0 Å². The van der Waals surface area contributed by atoms with Crippen LogP contribution >= 0.6 is 0 Å². The van der Waals surface area contributed by atoms with Crippen LogP contribution in [0.25, 0.3) is 0 Å². The van der Waals surface area contributed by atoms with Crippen molar-refractivity contribution in [2.45, 2.75) is 32.4 Å². The fourth-order valence-electron chi connectivity index (χ4n) is 3.02. The molecule has 2 amide bonds. The molecule has 24 heavy (non-hydrogen) atoms. The lowest BCUT2D eigenvalue weighted by Gasteiger charge is -2.34. The molecule has 2 rings (SSSR count). The average molecular weight is 333 g/mol. The molecule has 1 aromatic carbocycles. The van der Waals surface area contributed by atoms with E-state index >= 15 is 0 Å². The highest BCUT2D eigenvalue weighted by Crippen LogP contribution is 2.18. The number of piperidine rings is 1. The molecular formula is C18H27N3O3. The van der Waals surface area contributed by atoms with Crippen molar-refractivity contribution in [3.63, 3.8) is 0 Å². The molecule has 132 valence electrons. The van der Waals surface area contributed by atoms with Gasteiger partial charge in [0.15, 0.2) is 0 Å². The predicted molar refractivity (Wildman–Crippen MR) is 92.2 cm³/mol. The van der Waals surface area contributed by atoms with Crippen molar-refractivity contribution < 1.29 is 14.3 Å². The maximum atomic E-state index is 12.2. The number of ether oxygens (including phenoxy) is 1. The third-order valence-corrected chi connectivity index (χ3v) is 4.28. The summed E-state index contributed by atoms with van der Waals surface area (Å²) in [6.45, 7) is 3.90. The molecule has 6 nitrogen and oxygen atoms in total. The molecule has 0 radical (unpaired) electrons. The van der Waals surface area contributed by atoms with Gasteiger partial charge in [0.05, 0.1) is 6.04 Å². The first-order valence-corrected chi connectivity index (χ1v) is 8.43. The van der Waals surface area contributed by atoms with Gasteiger partial charge in [0.25, 0.3) is 0 Å². The van der Waals surface area contributed by atoms with Crippen molar-refractivity contribution in [3.05, 3.63) is 35.9 Å². The number of carbonyl (C=O) groups is 2. The zero-order chi connectivity index (χ0) is 17.5. The van der Waals surface area contributed by atoms with Crippen LogP contribution in [0.3, 0.4) is 0 Å². The topological polar surface area (TPSA) is 75.9 Å². The van der Waals surface area contributed by atoms with E-state index < -0.39 is 6.04 Å². The van der Waals surface area contributed by atoms with Gasteiger partial charge in [-0.15, -0.1) is 0 Å². The zero-order valence-corrected chi connectivity index (χ0v) is 14.5. The molecule has 0 aliphatic carbocycles. The highest BCUT2D eigenvalue weighted by molar-refractivity contribution is 5.80. The minimum atomic E-state index is -0.495. The van der Waals surface area contributed by atoms with E-state index in [9.17, 15) is 9.59 Å².